The molecule has 0 unspecified atom stereocenters. The fourth-order valence-corrected chi connectivity index (χ4v) is 2.47. The lowest BCUT2D eigenvalue weighted by Crippen LogP contribution is -2.29. The van der Waals surface area contributed by atoms with E-state index in [1.807, 2.05) is 18.2 Å². The first-order valence-electron chi connectivity index (χ1n) is 7.52. The molecule has 0 saturated heterocycles. The predicted molar refractivity (Wildman–Crippen MR) is 87.4 cm³/mol. The van der Waals surface area contributed by atoms with Crippen LogP contribution >= 0.6 is 0 Å². The third-order valence-corrected chi connectivity index (χ3v) is 3.78. The fraction of sp³-hybridized carbons (Fsp3) is 0.438. The van der Waals surface area contributed by atoms with Crippen LogP contribution in [0.5, 0.6) is 0 Å². The van der Waals surface area contributed by atoms with Crippen molar-refractivity contribution in [3.8, 4) is 0 Å². The van der Waals surface area contributed by atoms with E-state index in [0.717, 1.165) is 37.0 Å². The first-order valence-corrected chi connectivity index (χ1v) is 7.52. The maximum absolute atomic E-state index is 12.2. The lowest BCUT2D eigenvalue weighted by molar-refractivity contribution is 0.0953. The van der Waals surface area contributed by atoms with E-state index in [-0.39, 0.29) is 5.91 Å². The van der Waals surface area contributed by atoms with Crippen LogP contribution in [0.15, 0.2) is 24.4 Å². The van der Waals surface area contributed by atoms with Crippen LogP contribution in [0.3, 0.4) is 0 Å². The number of hydrogen-bond acceptors (Lipinski definition) is 3. The van der Waals surface area contributed by atoms with Crippen molar-refractivity contribution in [3.05, 3.63) is 30.0 Å². The molecule has 5 heteroatoms. The molecule has 1 heterocycles. The first-order chi connectivity index (χ1) is 10.2. The summed E-state index contributed by atoms with van der Waals surface area (Å²) in [5.74, 6) is -0.0365. The molecule has 0 fully saturated rings. The second kappa shape index (κ2) is 7.13. The molecule has 0 aliphatic rings. The Morgan fingerprint density at radius 3 is 2.81 bits per heavy atom. The number of nitrogen functional groups attached to an aromatic ring is 1. The number of nitrogens with two attached hydrogens (primary N) is 1. The van der Waals surface area contributed by atoms with Crippen LogP contribution in [0.2, 0.25) is 0 Å². The normalized spacial score (nSPS) is 11.2. The van der Waals surface area contributed by atoms with Gasteiger partial charge in [0.25, 0.3) is 5.91 Å². The van der Waals surface area contributed by atoms with Gasteiger partial charge in [0.05, 0.1) is 5.56 Å². The van der Waals surface area contributed by atoms with Crippen LogP contribution in [0.25, 0.3) is 10.9 Å². The number of amides is 1. The number of nitrogens with zero attached hydrogens (tertiary/aromatic N) is 1. The summed E-state index contributed by atoms with van der Waals surface area (Å²) >= 11 is 0. The van der Waals surface area contributed by atoms with Crippen molar-refractivity contribution in [2.45, 2.75) is 20.3 Å². The topological polar surface area (TPSA) is 74.2 Å². The van der Waals surface area contributed by atoms with Crippen molar-refractivity contribution in [2.75, 3.05) is 31.9 Å². The molecule has 2 rings (SSSR count). The molecule has 0 aliphatic carbocycles. The minimum Gasteiger partial charge on any atom is -0.399 e. The summed E-state index contributed by atoms with van der Waals surface area (Å²) in [6, 6.07) is 5.53. The molecule has 114 valence electrons. The number of anilines is 1. The molecule has 5 nitrogen and oxygen atoms in total. The van der Waals surface area contributed by atoms with Gasteiger partial charge >= 0.3 is 0 Å². The number of benzene rings is 1. The molecular weight excluding hydrogens is 264 g/mol. The minimum atomic E-state index is -0.0365. The largest absolute Gasteiger partial charge is 0.399 e. The zero-order chi connectivity index (χ0) is 15.2. The highest BCUT2D eigenvalue weighted by molar-refractivity contribution is 6.07. The Balaban J connectivity index is 1.91. The van der Waals surface area contributed by atoms with Crippen molar-refractivity contribution in [1.82, 2.24) is 15.2 Å². The van der Waals surface area contributed by atoms with Gasteiger partial charge in [-0.2, -0.15) is 0 Å². The van der Waals surface area contributed by atoms with E-state index in [9.17, 15) is 4.79 Å². The predicted octanol–water partition coefficient (Wildman–Crippen LogP) is 2.21. The summed E-state index contributed by atoms with van der Waals surface area (Å²) < 4.78 is 0. The molecule has 0 aliphatic heterocycles. The van der Waals surface area contributed by atoms with Gasteiger partial charge in [-0.25, -0.2) is 0 Å². The molecule has 1 aromatic carbocycles. The maximum Gasteiger partial charge on any atom is 0.253 e. The van der Waals surface area contributed by atoms with Gasteiger partial charge < -0.3 is 20.9 Å². The molecule has 1 amide bonds. The van der Waals surface area contributed by atoms with Gasteiger partial charge in [0.15, 0.2) is 0 Å². The average molecular weight is 288 g/mol. The number of aromatic nitrogens is 1. The quantitative estimate of drug-likeness (QED) is 0.540. The van der Waals surface area contributed by atoms with E-state index < -0.39 is 0 Å². The summed E-state index contributed by atoms with van der Waals surface area (Å²) in [6.07, 6.45) is 2.70. The number of aromatic amines is 1. The molecule has 0 spiro atoms. The highest BCUT2D eigenvalue weighted by Gasteiger charge is 2.11. The number of rotatable bonds is 7. The standard InChI is InChI=1S/C16H24N4O/c1-3-20(4-2)9-5-8-18-16(21)14-11-19-15-10-12(17)6-7-13(14)15/h6-7,10-11,19H,3-5,8-9,17H2,1-2H3,(H,18,21). The molecule has 0 bridgehead atoms. The molecule has 4 N–H and O–H groups in total. The first kappa shape index (κ1) is 15.4. The SMILES string of the molecule is CCN(CC)CCCNC(=O)c1c[nH]c2cc(N)ccc12. The Morgan fingerprint density at radius 1 is 1.33 bits per heavy atom. The summed E-state index contributed by atoms with van der Waals surface area (Å²) in [4.78, 5) is 17.6. The van der Waals surface area contributed by atoms with Gasteiger partial charge in [-0.1, -0.05) is 13.8 Å². The number of carbonyl (C=O) groups excluding carboxylic acids is 1. The lowest BCUT2D eigenvalue weighted by atomic mass is 10.1. The number of fused-ring (bicyclic) bond motifs is 1. The number of carbonyl (C=O) groups is 1. The molecule has 2 aromatic rings. The second-order valence-corrected chi connectivity index (χ2v) is 5.14. The number of H-pyrrole nitrogens is 1. The third kappa shape index (κ3) is 3.76. The van der Waals surface area contributed by atoms with Crippen LogP contribution in [-0.4, -0.2) is 42.0 Å². The van der Waals surface area contributed by atoms with Gasteiger partial charge in [-0.15, -0.1) is 0 Å². The molecule has 0 saturated carbocycles. The third-order valence-electron chi connectivity index (χ3n) is 3.78. The van der Waals surface area contributed by atoms with Crippen molar-refractivity contribution in [3.63, 3.8) is 0 Å². The smallest absolute Gasteiger partial charge is 0.253 e. The van der Waals surface area contributed by atoms with Crippen LogP contribution < -0.4 is 11.1 Å². The Hall–Kier alpha value is -2.01. The van der Waals surface area contributed by atoms with Crippen LogP contribution in [0.1, 0.15) is 30.6 Å². The molecule has 1 aromatic heterocycles. The number of nitrogens with one attached hydrogen (secondary N) is 2. The molecular formula is C16H24N4O. The Bertz CT molecular complexity index is 601. The zero-order valence-corrected chi connectivity index (χ0v) is 12.8. The van der Waals surface area contributed by atoms with Crippen molar-refractivity contribution in [2.24, 2.45) is 0 Å². The van der Waals surface area contributed by atoms with E-state index >= 15 is 0 Å². The van der Waals surface area contributed by atoms with E-state index in [2.05, 4.69) is 29.0 Å². The Kier molecular flexibility index (Phi) is 5.22. The summed E-state index contributed by atoms with van der Waals surface area (Å²) in [5, 5.41) is 3.89. The zero-order valence-electron chi connectivity index (χ0n) is 12.8. The summed E-state index contributed by atoms with van der Waals surface area (Å²) in [5.41, 5.74) is 7.99. The maximum atomic E-state index is 12.2. The lowest BCUT2D eigenvalue weighted by Gasteiger charge is -2.17. The van der Waals surface area contributed by atoms with Gasteiger partial charge in [0, 0.05) is 29.3 Å². The van der Waals surface area contributed by atoms with E-state index in [0.29, 0.717) is 17.8 Å². The Morgan fingerprint density at radius 2 is 2.10 bits per heavy atom. The van der Waals surface area contributed by atoms with Crippen LogP contribution in [0, 0.1) is 0 Å². The van der Waals surface area contributed by atoms with Crippen LogP contribution in [0.4, 0.5) is 5.69 Å². The van der Waals surface area contributed by atoms with E-state index in [1.54, 1.807) is 6.20 Å². The van der Waals surface area contributed by atoms with Gasteiger partial charge in [-0.3, -0.25) is 4.79 Å². The second-order valence-electron chi connectivity index (χ2n) is 5.14. The molecule has 0 radical (unpaired) electrons. The van der Waals surface area contributed by atoms with Crippen molar-refractivity contribution < 1.29 is 4.79 Å². The highest BCUT2D eigenvalue weighted by Crippen LogP contribution is 2.20. The van der Waals surface area contributed by atoms with Crippen LogP contribution in [-0.2, 0) is 0 Å². The average Bonchev–Trinajstić information content (AvgIpc) is 2.90. The van der Waals surface area contributed by atoms with Gasteiger partial charge in [0.1, 0.15) is 0 Å². The van der Waals surface area contributed by atoms with Crippen molar-refractivity contribution in [1.29, 1.82) is 0 Å². The van der Waals surface area contributed by atoms with E-state index in [1.165, 1.54) is 0 Å². The van der Waals surface area contributed by atoms with E-state index in [4.69, 9.17) is 5.73 Å². The monoisotopic (exact) mass is 288 g/mol. The van der Waals surface area contributed by atoms with Crippen molar-refractivity contribution >= 4 is 22.5 Å². The highest BCUT2D eigenvalue weighted by atomic mass is 16.1. The summed E-state index contributed by atoms with van der Waals surface area (Å²) in [7, 11) is 0. The fourth-order valence-electron chi connectivity index (χ4n) is 2.47. The minimum absolute atomic E-state index is 0.0365. The molecule has 21 heavy (non-hydrogen) atoms. The number of hydrogen-bond donors (Lipinski definition) is 3. The van der Waals surface area contributed by atoms with Gasteiger partial charge in [-0.05, 0) is 44.3 Å². The summed E-state index contributed by atoms with van der Waals surface area (Å²) in [6.45, 7) is 8.11. The van der Waals surface area contributed by atoms with Gasteiger partial charge in [0.2, 0.25) is 0 Å². The Labute approximate surface area is 125 Å². The molecule has 0 atom stereocenters.